The maximum Gasteiger partial charge on any atom is 0.354 e. The van der Waals surface area contributed by atoms with Crippen molar-refractivity contribution in [1.82, 2.24) is 19.9 Å². The van der Waals surface area contributed by atoms with Gasteiger partial charge in [-0.15, -0.1) is 0 Å². The number of hydrogen-bond donors (Lipinski definition) is 5. The van der Waals surface area contributed by atoms with E-state index in [1.165, 1.54) is 16.7 Å². The zero-order valence-electron chi connectivity index (χ0n) is 28.6. The normalized spacial score (nSPS) is 11.8. The second-order valence-corrected chi connectivity index (χ2v) is 14.3. The van der Waals surface area contributed by atoms with Crippen molar-refractivity contribution in [3.63, 3.8) is 0 Å². The number of H-pyrrole nitrogens is 1. The van der Waals surface area contributed by atoms with Crippen molar-refractivity contribution < 1.29 is 0 Å². The second kappa shape index (κ2) is 16.3. The number of aliphatic imine (C=N–C) groups is 1. The molecule has 2 heterocycles. The lowest BCUT2D eigenvalue weighted by Crippen LogP contribution is -2.23. The first-order valence-electron chi connectivity index (χ1n) is 16.1. The van der Waals surface area contributed by atoms with Gasteiger partial charge in [0.2, 0.25) is 0 Å². The van der Waals surface area contributed by atoms with E-state index in [-0.39, 0.29) is 22.5 Å². The van der Waals surface area contributed by atoms with Crippen LogP contribution in [0.25, 0.3) is 16.7 Å². The topological polar surface area (TPSA) is 153 Å². The summed E-state index contributed by atoms with van der Waals surface area (Å²) in [6.07, 6.45) is 6.05. The molecule has 0 aliphatic carbocycles. The fourth-order valence-electron chi connectivity index (χ4n) is 5.01. The highest BCUT2D eigenvalue weighted by molar-refractivity contribution is 6.32. The molecule has 0 spiro atoms. The van der Waals surface area contributed by atoms with E-state index < -0.39 is 0 Å². The van der Waals surface area contributed by atoms with Gasteiger partial charge in [0.15, 0.2) is 5.96 Å². The molecular formula is C36H53ClN8O. The molecule has 4 aromatic rings. The predicted octanol–water partition coefficient (Wildman–Crippen LogP) is 5.99. The Morgan fingerprint density at radius 2 is 1.67 bits per heavy atom. The molecule has 8 N–H and O–H groups in total. The van der Waals surface area contributed by atoms with Crippen molar-refractivity contribution in [3.8, 4) is 5.69 Å². The Bertz CT molecular complexity index is 1650. The Kier molecular flexibility index (Phi) is 13.0. The number of nitrogens with zero attached hydrogens (tertiary/aromatic N) is 3. The number of unbranched alkanes of at least 4 members (excludes halogenated alkanes) is 1. The Morgan fingerprint density at radius 1 is 0.978 bits per heavy atom. The van der Waals surface area contributed by atoms with Gasteiger partial charge in [0.05, 0.1) is 5.69 Å². The van der Waals surface area contributed by atoms with E-state index in [1.807, 2.05) is 30.5 Å². The van der Waals surface area contributed by atoms with E-state index in [9.17, 15) is 4.79 Å². The molecule has 0 amide bonds. The molecular weight excluding hydrogens is 596 g/mol. The van der Waals surface area contributed by atoms with Gasteiger partial charge in [0, 0.05) is 40.8 Å². The average Bonchev–Trinajstić information content (AvgIpc) is 3.40. The number of guanidine groups is 1. The number of rotatable bonds is 11. The first-order valence-corrected chi connectivity index (χ1v) is 16.5. The Hall–Kier alpha value is -3.66. The maximum atomic E-state index is 12.5. The quantitative estimate of drug-likeness (QED) is 0.0765. The van der Waals surface area contributed by atoms with Gasteiger partial charge in [-0.2, -0.15) is 4.98 Å². The maximum absolute atomic E-state index is 12.5. The average molecular weight is 649 g/mol. The number of aromatic nitrogens is 3. The summed E-state index contributed by atoms with van der Waals surface area (Å²) < 4.78 is 1.58. The minimum Gasteiger partial charge on any atom is -0.370 e. The number of nitrogens with one attached hydrogen (secondary N) is 2. The van der Waals surface area contributed by atoms with Gasteiger partial charge in [-0.05, 0) is 91.6 Å². The Morgan fingerprint density at radius 3 is 2.28 bits per heavy atom. The molecule has 0 radical (unpaired) electrons. The molecule has 0 aliphatic rings. The van der Waals surface area contributed by atoms with Crippen LogP contribution in [0.5, 0.6) is 0 Å². The SMILES string of the molecule is CC(C)(C)c1cc2cn(-c3ccc(CNCCCN=C(N)N)cc3)c(=O)nc2[nH]1.Cc1cc(CCCCN)cc(C(C)(C)C)c1Cl. The third-order valence-corrected chi connectivity index (χ3v) is 8.21. The fourth-order valence-corrected chi connectivity index (χ4v) is 5.40. The smallest absolute Gasteiger partial charge is 0.354 e. The lowest BCUT2D eigenvalue weighted by atomic mass is 9.84. The molecule has 0 unspecified atom stereocenters. The highest BCUT2D eigenvalue weighted by Crippen LogP contribution is 2.33. The van der Waals surface area contributed by atoms with Crippen LogP contribution in [-0.4, -0.2) is 40.1 Å². The van der Waals surface area contributed by atoms with Crippen molar-refractivity contribution in [2.75, 3.05) is 19.6 Å². The molecule has 0 aliphatic heterocycles. The van der Waals surface area contributed by atoms with E-state index in [2.05, 4.69) is 86.9 Å². The summed E-state index contributed by atoms with van der Waals surface area (Å²) in [6, 6.07) is 14.4. The van der Waals surface area contributed by atoms with Gasteiger partial charge in [-0.3, -0.25) is 9.56 Å². The lowest BCUT2D eigenvalue weighted by molar-refractivity contribution is 0.574. The van der Waals surface area contributed by atoms with Crippen molar-refractivity contribution >= 4 is 28.6 Å². The number of fused-ring (bicyclic) bond motifs is 1. The minimum atomic E-state index is -0.301. The number of aryl methyl sites for hydroxylation is 2. The Balaban J connectivity index is 0.000000289. The Labute approximate surface area is 279 Å². The summed E-state index contributed by atoms with van der Waals surface area (Å²) in [5.74, 6) is 0.123. The molecule has 250 valence electrons. The third-order valence-electron chi connectivity index (χ3n) is 7.71. The summed E-state index contributed by atoms with van der Waals surface area (Å²) in [4.78, 5) is 23.9. The molecule has 4 rings (SSSR count). The van der Waals surface area contributed by atoms with Crippen LogP contribution in [0.4, 0.5) is 0 Å². The number of nitrogens with two attached hydrogens (primary N) is 3. The van der Waals surface area contributed by atoms with E-state index in [1.54, 1.807) is 4.57 Å². The van der Waals surface area contributed by atoms with Crippen molar-refractivity contribution in [2.24, 2.45) is 22.2 Å². The fraction of sp³-hybridized carbons (Fsp3) is 0.472. The van der Waals surface area contributed by atoms with Crippen LogP contribution in [-0.2, 0) is 23.8 Å². The van der Waals surface area contributed by atoms with E-state index in [0.29, 0.717) is 12.2 Å². The largest absolute Gasteiger partial charge is 0.370 e. The molecule has 0 bridgehead atoms. The monoisotopic (exact) mass is 648 g/mol. The molecule has 9 nitrogen and oxygen atoms in total. The van der Waals surface area contributed by atoms with Gasteiger partial charge in [-0.25, -0.2) is 4.79 Å². The summed E-state index contributed by atoms with van der Waals surface area (Å²) in [5.41, 5.74) is 23.3. The van der Waals surface area contributed by atoms with Crippen LogP contribution in [0.15, 0.2) is 58.4 Å². The molecule has 10 heteroatoms. The number of halogens is 1. The second-order valence-electron chi connectivity index (χ2n) is 13.9. The highest BCUT2D eigenvalue weighted by atomic mass is 35.5. The molecule has 2 aromatic heterocycles. The first-order chi connectivity index (χ1) is 21.6. The van der Waals surface area contributed by atoms with Crippen LogP contribution in [0.2, 0.25) is 5.02 Å². The summed E-state index contributed by atoms with van der Waals surface area (Å²) in [6.45, 7) is 18.0. The van der Waals surface area contributed by atoms with Crippen LogP contribution in [0.3, 0.4) is 0 Å². The van der Waals surface area contributed by atoms with Gasteiger partial charge >= 0.3 is 5.69 Å². The van der Waals surface area contributed by atoms with Gasteiger partial charge < -0.3 is 27.5 Å². The summed E-state index contributed by atoms with van der Waals surface area (Å²) in [7, 11) is 0. The standard InChI is InChI=1S/C21H29N7O.C15H24ClN/c1-21(2,3)17-11-15-13-28(20(29)27-18(15)26-17)16-7-5-14(6-8-16)12-24-9-4-10-25-19(22)23;1-11-9-12(7-5-6-8-17)10-13(14(11)16)15(2,3)4/h5-8,11,13,24H,4,9-10,12H2,1-3H3,(H4,22,23,25)(H,26,27,29);9-10H,5-8,17H2,1-4H3. The summed E-state index contributed by atoms with van der Waals surface area (Å²) in [5, 5.41) is 5.19. The molecule has 46 heavy (non-hydrogen) atoms. The van der Waals surface area contributed by atoms with Crippen LogP contribution in [0, 0.1) is 6.92 Å². The van der Waals surface area contributed by atoms with Crippen molar-refractivity contribution in [2.45, 2.75) is 91.5 Å². The molecule has 0 atom stereocenters. The molecule has 0 saturated carbocycles. The first kappa shape index (κ1) is 36.8. The zero-order valence-corrected chi connectivity index (χ0v) is 29.4. The van der Waals surface area contributed by atoms with E-state index in [4.69, 9.17) is 28.8 Å². The number of aromatic amines is 1. The van der Waals surface area contributed by atoms with Gasteiger partial charge in [0.1, 0.15) is 5.65 Å². The number of hydrogen-bond acceptors (Lipinski definition) is 5. The van der Waals surface area contributed by atoms with Gasteiger partial charge in [-0.1, -0.05) is 77.4 Å². The lowest BCUT2D eigenvalue weighted by Gasteiger charge is -2.23. The van der Waals surface area contributed by atoms with Crippen molar-refractivity contribution in [3.05, 3.63) is 92.1 Å². The van der Waals surface area contributed by atoms with Crippen LogP contribution < -0.4 is 28.2 Å². The van der Waals surface area contributed by atoms with Crippen LogP contribution >= 0.6 is 11.6 Å². The predicted molar refractivity (Wildman–Crippen MR) is 194 cm³/mol. The number of benzene rings is 2. The summed E-state index contributed by atoms with van der Waals surface area (Å²) >= 11 is 6.39. The zero-order chi connectivity index (χ0) is 34.1. The molecule has 2 aromatic carbocycles. The van der Waals surface area contributed by atoms with Crippen molar-refractivity contribution in [1.29, 1.82) is 0 Å². The minimum absolute atomic E-state index is 0.0352. The van der Waals surface area contributed by atoms with E-state index >= 15 is 0 Å². The third kappa shape index (κ3) is 10.7. The molecule has 0 saturated heterocycles. The van der Waals surface area contributed by atoms with Gasteiger partial charge in [0.25, 0.3) is 0 Å². The van der Waals surface area contributed by atoms with Crippen LogP contribution in [0.1, 0.15) is 88.8 Å². The van der Waals surface area contributed by atoms with E-state index in [0.717, 1.165) is 72.7 Å². The molecule has 0 fully saturated rings. The highest BCUT2D eigenvalue weighted by Gasteiger charge is 2.19.